The Kier molecular flexibility index (Phi) is 4.19. The maximum Gasteiger partial charge on any atom is -0.00945 e. The van der Waals surface area contributed by atoms with E-state index in [1.807, 2.05) is 12.2 Å². The molecule has 0 spiro atoms. The average molecular weight is 145 g/mol. The Bertz CT molecular complexity index is 170. The molecule has 0 unspecified atom stereocenters. The van der Waals surface area contributed by atoms with E-state index >= 15 is 0 Å². The van der Waals surface area contributed by atoms with Crippen LogP contribution in [0.15, 0.2) is 42.5 Å². The van der Waals surface area contributed by atoms with Gasteiger partial charge in [0.1, 0.15) is 0 Å². The maximum absolute atomic E-state index is 3.16. The minimum absolute atomic E-state index is 0.929. The molecule has 0 saturated carbocycles. The molecule has 1 aliphatic carbocycles. The third-order valence-corrected chi connectivity index (χ3v) is 1.46. The van der Waals surface area contributed by atoms with E-state index in [-0.39, 0.29) is 0 Å². The first-order valence-electron chi connectivity index (χ1n) is 4.02. The summed E-state index contributed by atoms with van der Waals surface area (Å²) in [6, 6.07) is 0. The van der Waals surface area contributed by atoms with Crippen LogP contribution in [0.25, 0.3) is 0 Å². The van der Waals surface area contributed by atoms with Crippen LogP contribution >= 0.6 is 0 Å². The van der Waals surface area contributed by atoms with Gasteiger partial charge in [0.25, 0.3) is 0 Å². The van der Waals surface area contributed by atoms with Crippen molar-refractivity contribution in [2.45, 2.75) is 19.3 Å². The molecule has 0 aromatic rings. The molecular weight excluding hydrogens is 132 g/mol. The first-order chi connectivity index (χ1) is 5.50. The Balaban J connectivity index is 2.47. The summed E-state index contributed by atoms with van der Waals surface area (Å²) in [5.74, 6) is 0. The van der Waals surface area contributed by atoms with Crippen molar-refractivity contribution in [2.75, 3.05) is 0 Å². The molecule has 0 N–H and O–H groups in total. The lowest BCUT2D eigenvalue weighted by molar-refractivity contribution is 1.27. The van der Waals surface area contributed by atoms with Gasteiger partial charge >= 0.3 is 0 Å². The molecule has 0 aromatic carbocycles. The Morgan fingerprint density at radius 3 is 2.45 bits per heavy atom. The van der Waals surface area contributed by atoms with Crippen LogP contribution in [0.4, 0.5) is 0 Å². The summed E-state index contributed by atoms with van der Waals surface area (Å²) in [6.07, 6.45) is 21.0. The van der Waals surface area contributed by atoms with Crippen LogP contribution < -0.4 is 0 Å². The molecule has 0 bridgehead atoms. The van der Waals surface area contributed by atoms with Crippen LogP contribution in [0.1, 0.15) is 19.3 Å². The van der Waals surface area contributed by atoms with Crippen LogP contribution in [0, 0.1) is 6.08 Å². The van der Waals surface area contributed by atoms with Crippen molar-refractivity contribution in [1.82, 2.24) is 0 Å². The highest BCUT2D eigenvalue weighted by Gasteiger charge is 1.75. The lowest BCUT2D eigenvalue weighted by Gasteiger charge is -1.80. The van der Waals surface area contributed by atoms with Gasteiger partial charge in [0.05, 0.1) is 0 Å². The van der Waals surface area contributed by atoms with E-state index in [2.05, 4.69) is 36.5 Å². The molecule has 0 saturated heterocycles. The third-order valence-electron chi connectivity index (χ3n) is 1.46. The fourth-order valence-electron chi connectivity index (χ4n) is 0.880. The Labute approximate surface area is 68.6 Å². The van der Waals surface area contributed by atoms with Crippen LogP contribution in [-0.2, 0) is 0 Å². The predicted octanol–water partition coefficient (Wildman–Crippen LogP) is 3.20. The molecule has 0 nitrogen and oxygen atoms in total. The molecule has 0 heteroatoms. The van der Waals surface area contributed by atoms with Gasteiger partial charge in [-0.05, 0) is 25.3 Å². The normalized spacial score (nSPS) is 29.8. The first-order valence-corrected chi connectivity index (χ1v) is 4.02. The predicted molar refractivity (Wildman–Crippen MR) is 49.1 cm³/mol. The van der Waals surface area contributed by atoms with E-state index in [9.17, 15) is 0 Å². The number of hydrogen-bond donors (Lipinski definition) is 0. The average Bonchev–Trinajstić information content (AvgIpc) is 2.08. The molecule has 0 aliphatic heterocycles. The Hall–Kier alpha value is -1.04. The molecule has 1 radical (unpaired) electrons. The largest absolute Gasteiger partial charge is 0.0844 e. The van der Waals surface area contributed by atoms with Crippen molar-refractivity contribution < 1.29 is 0 Å². The first kappa shape index (κ1) is 8.06. The second kappa shape index (κ2) is 5.72. The molecule has 1 rings (SSSR count). The van der Waals surface area contributed by atoms with Crippen molar-refractivity contribution in [1.29, 1.82) is 0 Å². The van der Waals surface area contributed by atoms with Crippen molar-refractivity contribution in [3.8, 4) is 0 Å². The van der Waals surface area contributed by atoms with Crippen molar-refractivity contribution in [3.63, 3.8) is 0 Å². The van der Waals surface area contributed by atoms with E-state index in [0.29, 0.717) is 0 Å². The molecule has 0 aromatic heterocycles. The minimum Gasteiger partial charge on any atom is -0.0844 e. The monoisotopic (exact) mass is 145 g/mol. The summed E-state index contributed by atoms with van der Waals surface area (Å²) in [4.78, 5) is 0. The SMILES string of the molecule is [C]1=C\C=C/C/C=C\C/C=C\C/1. The van der Waals surface area contributed by atoms with Crippen molar-refractivity contribution >= 4 is 0 Å². The number of hydrogen-bond acceptors (Lipinski definition) is 0. The van der Waals surface area contributed by atoms with Gasteiger partial charge in [0, 0.05) is 0 Å². The summed E-state index contributed by atoms with van der Waals surface area (Å²) in [5, 5.41) is 0. The van der Waals surface area contributed by atoms with Gasteiger partial charge in [-0.25, -0.2) is 0 Å². The van der Waals surface area contributed by atoms with E-state index in [1.165, 1.54) is 0 Å². The minimum atomic E-state index is 0.929. The summed E-state index contributed by atoms with van der Waals surface area (Å²) in [6.45, 7) is 0. The molecule has 0 atom stereocenters. The Morgan fingerprint density at radius 1 is 0.818 bits per heavy atom. The second-order valence-electron chi connectivity index (χ2n) is 2.42. The van der Waals surface area contributed by atoms with Gasteiger partial charge < -0.3 is 0 Å². The molecular formula is C11H13. The highest BCUT2D eigenvalue weighted by atomic mass is 13.8. The van der Waals surface area contributed by atoms with Crippen molar-refractivity contribution in [3.05, 3.63) is 48.6 Å². The van der Waals surface area contributed by atoms with Gasteiger partial charge in [-0.2, -0.15) is 0 Å². The van der Waals surface area contributed by atoms with Crippen LogP contribution in [0.3, 0.4) is 0 Å². The zero-order valence-corrected chi connectivity index (χ0v) is 6.66. The standard InChI is InChI=1S/C11H13/c1-2-4-6-8-10-11-9-7-5-3-1/h1-3,6,8-9,11H,4,7,10H2/b2-1-,5-3?,8-6-,11-9-. The van der Waals surface area contributed by atoms with E-state index in [4.69, 9.17) is 0 Å². The van der Waals surface area contributed by atoms with E-state index in [0.717, 1.165) is 19.3 Å². The van der Waals surface area contributed by atoms with Crippen molar-refractivity contribution in [2.24, 2.45) is 0 Å². The number of rotatable bonds is 0. The van der Waals surface area contributed by atoms with E-state index in [1.54, 1.807) is 0 Å². The highest BCUT2D eigenvalue weighted by molar-refractivity contribution is 5.06. The topological polar surface area (TPSA) is 0 Å². The van der Waals surface area contributed by atoms with Crippen LogP contribution in [0.2, 0.25) is 0 Å². The van der Waals surface area contributed by atoms with Gasteiger partial charge in [-0.1, -0.05) is 42.5 Å². The van der Waals surface area contributed by atoms with Gasteiger partial charge in [-0.3, -0.25) is 0 Å². The summed E-state index contributed by atoms with van der Waals surface area (Å²) in [5.41, 5.74) is 0. The zero-order chi connectivity index (χ0) is 7.78. The van der Waals surface area contributed by atoms with Crippen LogP contribution in [-0.4, -0.2) is 0 Å². The molecule has 11 heavy (non-hydrogen) atoms. The summed E-state index contributed by atoms with van der Waals surface area (Å²) in [7, 11) is 0. The summed E-state index contributed by atoms with van der Waals surface area (Å²) < 4.78 is 0. The number of allylic oxidation sites excluding steroid dienone is 8. The van der Waals surface area contributed by atoms with Crippen LogP contribution in [0.5, 0.6) is 0 Å². The molecule has 0 amide bonds. The second-order valence-corrected chi connectivity index (χ2v) is 2.42. The zero-order valence-electron chi connectivity index (χ0n) is 6.66. The molecule has 0 heterocycles. The molecule has 1 aliphatic rings. The molecule has 0 fully saturated rings. The lowest BCUT2D eigenvalue weighted by Crippen LogP contribution is -1.60. The third kappa shape index (κ3) is 4.38. The highest BCUT2D eigenvalue weighted by Crippen LogP contribution is 1.95. The quantitative estimate of drug-likeness (QED) is 0.459. The fraction of sp³-hybridized carbons (Fsp3) is 0.273. The van der Waals surface area contributed by atoms with Gasteiger partial charge in [0.15, 0.2) is 0 Å². The van der Waals surface area contributed by atoms with Gasteiger partial charge in [-0.15, -0.1) is 0 Å². The molecule has 57 valence electrons. The fourth-order valence-corrected chi connectivity index (χ4v) is 0.880. The Morgan fingerprint density at radius 2 is 1.55 bits per heavy atom. The van der Waals surface area contributed by atoms with E-state index < -0.39 is 0 Å². The maximum atomic E-state index is 3.16. The smallest absolute Gasteiger partial charge is 0.00945 e. The lowest BCUT2D eigenvalue weighted by atomic mass is 10.3. The summed E-state index contributed by atoms with van der Waals surface area (Å²) >= 11 is 0. The van der Waals surface area contributed by atoms with Gasteiger partial charge in [0.2, 0.25) is 0 Å².